The Morgan fingerprint density at radius 3 is 1.35 bits per heavy atom. The predicted molar refractivity (Wildman–Crippen MR) is 128 cm³/mol. The fourth-order valence-electron chi connectivity index (χ4n) is 3.74. The Balaban J connectivity index is 1.81. The van der Waals surface area contributed by atoms with Gasteiger partial charge in [-0.1, -0.05) is 103 Å². The minimum Gasteiger partial charge on any atom is -0.225 e. The summed E-state index contributed by atoms with van der Waals surface area (Å²) in [5, 5.41) is 5.25. The minimum absolute atomic E-state index is 0.127. The molecule has 0 heterocycles. The van der Waals surface area contributed by atoms with Crippen molar-refractivity contribution in [3.05, 3.63) is 138 Å². The highest BCUT2D eigenvalue weighted by Crippen LogP contribution is 2.49. The summed E-state index contributed by atoms with van der Waals surface area (Å²) in [6.07, 6.45) is 0. The van der Waals surface area contributed by atoms with Crippen molar-refractivity contribution in [2.24, 2.45) is 5.14 Å². The van der Waals surface area contributed by atoms with Crippen LogP contribution in [-0.2, 0) is 20.5 Å². The molecule has 0 bridgehead atoms. The smallest absolute Gasteiger partial charge is 0.225 e. The van der Waals surface area contributed by atoms with Crippen molar-refractivity contribution < 1.29 is 8.42 Å². The van der Waals surface area contributed by atoms with E-state index in [1.165, 1.54) is 16.7 Å². The molecule has 0 spiro atoms. The van der Waals surface area contributed by atoms with E-state index in [1.54, 1.807) is 12.1 Å². The van der Waals surface area contributed by atoms with Gasteiger partial charge in [0.25, 0.3) is 0 Å². The van der Waals surface area contributed by atoms with Crippen molar-refractivity contribution in [1.82, 2.24) is 0 Å². The highest BCUT2D eigenvalue weighted by atomic mass is 32.2. The summed E-state index contributed by atoms with van der Waals surface area (Å²) in [6, 6.07) is 38.3. The Labute approximate surface area is 188 Å². The molecule has 0 aliphatic heterocycles. The summed E-state index contributed by atoms with van der Waals surface area (Å²) in [5.41, 5.74) is 4.61. The maximum Gasteiger partial charge on any atom is 0.238 e. The molecular weight excluding hydrogens is 422 g/mol. The summed E-state index contributed by atoms with van der Waals surface area (Å²) < 4.78 is 22.8. The van der Waals surface area contributed by atoms with Crippen LogP contribution in [0.4, 0.5) is 0 Å². The van der Waals surface area contributed by atoms with Gasteiger partial charge in [0, 0.05) is 5.75 Å². The molecule has 31 heavy (non-hydrogen) atoms. The Hall–Kier alpha value is -2.86. The number of nitrogens with two attached hydrogens (primary N) is 1. The van der Waals surface area contributed by atoms with E-state index in [4.69, 9.17) is 5.14 Å². The van der Waals surface area contributed by atoms with Crippen LogP contribution in [0.5, 0.6) is 0 Å². The molecule has 0 unspecified atom stereocenters. The zero-order chi connectivity index (χ0) is 21.7. The fraction of sp³-hybridized carbons (Fsp3) is 0.0769. The van der Waals surface area contributed by atoms with Crippen molar-refractivity contribution in [2.45, 2.75) is 15.4 Å². The standard InChI is InChI=1S/C26H23NO2S2/c27-31(28,29)25-18-16-21(17-19-25)20-30-26(22-10-4-1-5-11-22,23-12-6-2-7-13-23)24-14-8-3-9-15-24/h1-19H,20H2,(H2,27,28,29). The first-order valence-corrected chi connectivity index (χ1v) is 12.5. The molecule has 0 aromatic heterocycles. The van der Waals surface area contributed by atoms with E-state index in [1.807, 2.05) is 42.1 Å². The van der Waals surface area contributed by atoms with E-state index in [2.05, 4.69) is 72.8 Å². The number of hydrogen-bond donors (Lipinski definition) is 1. The normalized spacial score (nSPS) is 11.9. The molecule has 4 aromatic carbocycles. The second-order valence-electron chi connectivity index (χ2n) is 7.26. The van der Waals surface area contributed by atoms with E-state index in [0.29, 0.717) is 5.75 Å². The van der Waals surface area contributed by atoms with Crippen LogP contribution in [0.2, 0.25) is 0 Å². The maximum atomic E-state index is 11.6. The lowest BCUT2D eigenvalue weighted by atomic mass is 9.84. The van der Waals surface area contributed by atoms with Crippen molar-refractivity contribution in [3.8, 4) is 0 Å². The molecule has 4 aromatic rings. The predicted octanol–water partition coefficient (Wildman–Crippen LogP) is 5.56. The van der Waals surface area contributed by atoms with Gasteiger partial charge in [0.1, 0.15) is 0 Å². The average Bonchev–Trinajstić information content (AvgIpc) is 2.81. The van der Waals surface area contributed by atoms with Gasteiger partial charge >= 0.3 is 0 Å². The van der Waals surface area contributed by atoms with Crippen LogP contribution < -0.4 is 5.14 Å². The van der Waals surface area contributed by atoms with Gasteiger partial charge in [0.15, 0.2) is 0 Å². The number of rotatable bonds is 7. The van der Waals surface area contributed by atoms with Crippen LogP contribution in [0.3, 0.4) is 0 Å². The molecule has 3 nitrogen and oxygen atoms in total. The lowest BCUT2D eigenvalue weighted by Crippen LogP contribution is -2.25. The fourth-order valence-corrected chi connectivity index (χ4v) is 5.73. The molecule has 2 N–H and O–H groups in total. The minimum atomic E-state index is -3.70. The first-order valence-electron chi connectivity index (χ1n) is 9.92. The molecular formula is C26H23NO2S2. The van der Waals surface area contributed by atoms with Gasteiger partial charge in [-0.05, 0) is 34.4 Å². The van der Waals surface area contributed by atoms with Gasteiger partial charge in [0.2, 0.25) is 10.0 Å². The SMILES string of the molecule is NS(=O)(=O)c1ccc(CSC(c2ccccc2)(c2ccccc2)c2ccccc2)cc1. The van der Waals surface area contributed by atoms with Crippen LogP contribution in [0.15, 0.2) is 120 Å². The molecule has 0 saturated carbocycles. The molecule has 4 rings (SSSR count). The Morgan fingerprint density at radius 2 is 1.00 bits per heavy atom. The van der Waals surface area contributed by atoms with Crippen molar-refractivity contribution in [2.75, 3.05) is 0 Å². The number of primary sulfonamides is 1. The highest BCUT2D eigenvalue weighted by Gasteiger charge is 2.36. The van der Waals surface area contributed by atoms with Gasteiger partial charge < -0.3 is 0 Å². The van der Waals surface area contributed by atoms with E-state index < -0.39 is 14.8 Å². The third kappa shape index (κ3) is 4.59. The van der Waals surface area contributed by atoms with Crippen LogP contribution >= 0.6 is 11.8 Å². The van der Waals surface area contributed by atoms with Gasteiger partial charge in [-0.15, -0.1) is 11.8 Å². The van der Waals surface area contributed by atoms with E-state index in [0.717, 1.165) is 5.56 Å². The summed E-state index contributed by atoms with van der Waals surface area (Å²) >= 11 is 1.81. The van der Waals surface area contributed by atoms with Crippen LogP contribution in [0.1, 0.15) is 22.3 Å². The molecule has 0 aliphatic carbocycles. The van der Waals surface area contributed by atoms with Crippen LogP contribution in [0.25, 0.3) is 0 Å². The lowest BCUT2D eigenvalue weighted by molar-refractivity contribution is 0.598. The zero-order valence-corrected chi connectivity index (χ0v) is 18.5. The van der Waals surface area contributed by atoms with Crippen molar-refractivity contribution in [3.63, 3.8) is 0 Å². The average molecular weight is 446 g/mol. The van der Waals surface area contributed by atoms with E-state index in [9.17, 15) is 8.42 Å². The van der Waals surface area contributed by atoms with E-state index >= 15 is 0 Å². The summed E-state index contributed by atoms with van der Waals surface area (Å²) in [7, 11) is -3.70. The topological polar surface area (TPSA) is 60.2 Å². The lowest BCUT2D eigenvalue weighted by Gasteiger charge is -2.35. The first-order chi connectivity index (χ1) is 15.0. The molecule has 0 aliphatic rings. The molecule has 0 fully saturated rings. The van der Waals surface area contributed by atoms with E-state index in [-0.39, 0.29) is 4.90 Å². The Bertz CT molecular complexity index is 1130. The number of hydrogen-bond acceptors (Lipinski definition) is 3. The quantitative estimate of drug-likeness (QED) is 0.379. The largest absolute Gasteiger partial charge is 0.238 e. The number of sulfonamides is 1. The maximum absolute atomic E-state index is 11.6. The number of benzene rings is 4. The second-order valence-corrected chi connectivity index (χ2v) is 10.0. The van der Waals surface area contributed by atoms with Crippen LogP contribution in [-0.4, -0.2) is 8.42 Å². The Morgan fingerprint density at radius 1 is 0.613 bits per heavy atom. The van der Waals surface area contributed by atoms with Crippen molar-refractivity contribution >= 4 is 21.8 Å². The molecule has 0 saturated heterocycles. The third-order valence-corrected chi connectivity index (χ3v) is 7.80. The van der Waals surface area contributed by atoms with Gasteiger partial charge in [-0.25, -0.2) is 13.6 Å². The summed E-state index contributed by atoms with van der Waals surface area (Å²) in [5.74, 6) is 0.698. The summed E-state index contributed by atoms with van der Waals surface area (Å²) in [4.78, 5) is 0.127. The summed E-state index contributed by atoms with van der Waals surface area (Å²) in [6.45, 7) is 0. The third-order valence-electron chi connectivity index (χ3n) is 5.25. The highest BCUT2D eigenvalue weighted by molar-refractivity contribution is 7.99. The van der Waals surface area contributed by atoms with Gasteiger partial charge in [0.05, 0.1) is 9.64 Å². The Kier molecular flexibility index (Phi) is 6.28. The van der Waals surface area contributed by atoms with Gasteiger partial charge in [-0.3, -0.25) is 0 Å². The first kappa shape index (κ1) is 21.4. The molecule has 5 heteroatoms. The molecule has 0 radical (unpaired) electrons. The van der Waals surface area contributed by atoms with Crippen molar-refractivity contribution in [1.29, 1.82) is 0 Å². The molecule has 156 valence electrons. The zero-order valence-electron chi connectivity index (χ0n) is 16.9. The number of thioether (sulfide) groups is 1. The second kappa shape index (κ2) is 9.10. The monoisotopic (exact) mass is 445 g/mol. The molecule has 0 atom stereocenters. The van der Waals surface area contributed by atoms with Gasteiger partial charge in [-0.2, -0.15) is 0 Å². The molecule has 0 amide bonds. The van der Waals surface area contributed by atoms with Crippen LogP contribution in [0, 0.1) is 0 Å².